The molecule has 2 saturated heterocycles. The Morgan fingerprint density at radius 3 is 2.42 bits per heavy atom. The Kier molecular flexibility index (Phi) is 1.45. The fourth-order valence-electron chi connectivity index (χ4n) is 2.71. The lowest BCUT2D eigenvalue weighted by Crippen LogP contribution is -2.69. The first-order valence-corrected chi connectivity index (χ1v) is 4.77. The number of hydrogen-bond acceptors (Lipinski definition) is 2. The number of hydrogen-bond donors (Lipinski definition) is 1. The first-order chi connectivity index (χ1) is 5.44. The molecule has 0 aromatic carbocycles. The van der Waals surface area contributed by atoms with Crippen molar-refractivity contribution in [1.29, 1.82) is 0 Å². The normalized spacial score (nSPS) is 44.9. The molecule has 1 aliphatic carbocycles. The number of nitrogens with one attached hydrogen (secondary N) is 1. The zero-order chi connectivity index (χ0) is 8.98. The highest BCUT2D eigenvalue weighted by Gasteiger charge is 2.51. The zero-order valence-electron chi connectivity index (χ0n) is 8.11. The predicted molar refractivity (Wildman–Crippen MR) is 48.0 cm³/mol. The molecule has 12 heavy (non-hydrogen) atoms. The van der Waals surface area contributed by atoms with Crippen LogP contribution in [-0.2, 0) is 4.79 Å². The third-order valence-electron chi connectivity index (χ3n) is 3.66. The number of carbonyl (C=O) groups excluding carboxylic acids is 1. The van der Waals surface area contributed by atoms with Gasteiger partial charge >= 0.3 is 0 Å². The zero-order valence-corrected chi connectivity index (χ0v) is 8.11. The molecule has 0 aromatic heterocycles. The van der Waals surface area contributed by atoms with Gasteiger partial charge in [-0.3, -0.25) is 10.1 Å². The van der Waals surface area contributed by atoms with Gasteiger partial charge in [-0.15, -0.1) is 0 Å². The van der Waals surface area contributed by atoms with Crippen LogP contribution >= 0.6 is 0 Å². The molecular formula is C10H17NO. The van der Waals surface area contributed by atoms with Crippen LogP contribution in [0.15, 0.2) is 0 Å². The van der Waals surface area contributed by atoms with E-state index in [1.54, 1.807) is 0 Å². The number of carbonyl (C=O) groups is 1. The van der Waals surface area contributed by atoms with E-state index in [9.17, 15) is 4.79 Å². The van der Waals surface area contributed by atoms with Crippen LogP contribution in [0.3, 0.4) is 0 Å². The molecule has 1 N–H and O–H groups in total. The van der Waals surface area contributed by atoms with E-state index in [1.807, 2.05) is 6.92 Å². The Balaban J connectivity index is 2.32. The van der Waals surface area contributed by atoms with Gasteiger partial charge in [0.05, 0.1) is 5.54 Å². The lowest BCUT2D eigenvalue weighted by atomic mass is 9.64. The maximum atomic E-state index is 11.6. The maximum Gasteiger partial charge on any atom is 0.152 e. The lowest BCUT2D eigenvalue weighted by Gasteiger charge is -2.53. The Hall–Kier alpha value is -0.370. The average molecular weight is 167 g/mol. The van der Waals surface area contributed by atoms with E-state index in [-0.39, 0.29) is 11.1 Å². The second-order valence-corrected chi connectivity index (χ2v) is 5.04. The highest BCUT2D eigenvalue weighted by atomic mass is 16.1. The molecule has 0 radical (unpaired) electrons. The Bertz CT molecular complexity index is 234. The topological polar surface area (TPSA) is 29.1 Å². The molecule has 2 unspecified atom stereocenters. The number of fused-ring (bicyclic) bond motifs is 3. The van der Waals surface area contributed by atoms with Crippen molar-refractivity contribution in [2.45, 2.75) is 51.1 Å². The van der Waals surface area contributed by atoms with Crippen LogP contribution in [0.1, 0.15) is 40.0 Å². The van der Waals surface area contributed by atoms with Gasteiger partial charge in [-0.25, -0.2) is 0 Å². The SMILES string of the molecule is CC12CCC(CC1=O)C(C)(C)N2. The summed E-state index contributed by atoms with van der Waals surface area (Å²) < 4.78 is 0. The minimum absolute atomic E-state index is 0.168. The van der Waals surface area contributed by atoms with Crippen molar-refractivity contribution in [2.24, 2.45) is 5.92 Å². The molecule has 3 rings (SSSR count). The molecular weight excluding hydrogens is 150 g/mol. The van der Waals surface area contributed by atoms with Crippen molar-refractivity contribution in [2.75, 3.05) is 0 Å². The number of piperidine rings is 2. The second-order valence-electron chi connectivity index (χ2n) is 5.04. The molecule has 2 heterocycles. The van der Waals surface area contributed by atoms with E-state index in [4.69, 9.17) is 0 Å². The largest absolute Gasteiger partial charge is 0.300 e. The first kappa shape index (κ1) is 8.24. The summed E-state index contributed by atoms with van der Waals surface area (Å²) >= 11 is 0. The summed E-state index contributed by atoms with van der Waals surface area (Å²) in [6.07, 6.45) is 3.03. The van der Waals surface area contributed by atoms with Gasteiger partial charge in [-0.05, 0) is 39.5 Å². The molecule has 3 fully saturated rings. The van der Waals surface area contributed by atoms with E-state index in [0.717, 1.165) is 12.8 Å². The van der Waals surface area contributed by atoms with Crippen molar-refractivity contribution < 1.29 is 4.79 Å². The van der Waals surface area contributed by atoms with Crippen molar-refractivity contribution in [3.8, 4) is 0 Å². The number of Topliss-reactive ketones (excluding diaryl/α,β-unsaturated/α-hetero) is 1. The molecule has 2 heteroatoms. The van der Waals surface area contributed by atoms with Crippen LogP contribution in [-0.4, -0.2) is 16.9 Å². The van der Waals surface area contributed by atoms with Gasteiger partial charge in [0.1, 0.15) is 0 Å². The number of ketones is 1. The second kappa shape index (κ2) is 2.11. The van der Waals surface area contributed by atoms with Crippen molar-refractivity contribution in [3.05, 3.63) is 0 Å². The van der Waals surface area contributed by atoms with E-state index in [1.165, 1.54) is 6.42 Å². The molecule has 2 nitrogen and oxygen atoms in total. The van der Waals surface area contributed by atoms with Gasteiger partial charge < -0.3 is 0 Å². The van der Waals surface area contributed by atoms with Crippen LogP contribution in [0.25, 0.3) is 0 Å². The van der Waals surface area contributed by atoms with Gasteiger partial charge in [-0.1, -0.05) is 0 Å². The summed E-state index contributed by atoms with van der Waals surface area (Å²) in [6, 6.07) is 0. The molecule has 68 valence electrons. The predicted octanol–water partition coefficient (Wildman–Crippen LogP) is 1.50. The van der Waals surface area contributed by atoms with E-state index in [0.29, 0.717) is 11.7 Å². The standard InChI is InChI=1S/C10H17NO/c1-9(2)7-4-5-10(3,11-9)8(12)6-7/h7,11H,4-6H2,1-3H3. The van der Waals surface area contributed by atoms with Crippen LogP contribution in [0.5, 0.6) is 0 Å². The molecule has 2 atom stereocenters. The summed E-state index contributed by atoms with van der Waals surface area (Å²) in [4.78, 5) is 11.6. The van der Waals surface area contributed by atoms with Gasteiger partial charge in [0.15, 0.2) is 5.78 Å². The Morgan fingerprint density at radius 2 is 2.08 bits per heavy atom. The van der Waals surface area contributed by atoms with Gasteiger partial charge in [0, 0.05) is 12.0 Å². The monoisotopic (exact) mass is 167 g/mol. The first-order valence-electron chi connectivity index (χ1n) is 4.77. The van der Waals surface area contributed by atoms with Crippen LogP contribution in [0.2, 0.25) is 0 Å². The number of rotatable bonds is 0. The molecule has 0 spiro atoms. The molecule has 2 aliphatic heterocycles. The Morgan fingerprint density at radius 1 is 1.42 bits per heavy atom. The van der Waals surface area contributed by atoms with Crippen LogP contribution < -0.4 is 5.32 Å². The fraction of sp³-hybridized carbons (Fsp3) is 0.900. The summed E-state index contributed by atoms with van der Waals surface area (Å²) in [7, 11) is 0. The van der Waals surface area contributed by atoms with Crippen LogP contribution in [0.4, 0.5) is 0 Å². The Labute approximate surface area is 73.7 Å². The summed E-state index contributed by atoms with van der Waals surface area (Å²) in [5.41, 5.74) is -0.0425. The fourth-order valence-corrected chi connectivity index (χ4v) is 2.71. The average Bonchev–Trinajstić information content (AvgIpc) is 1.91. The van der Waals surface area contributed by atoms with Crippen molar-refractivity contribution in [1.82, 2.24) is 5.32 Å². The summed E-state index contributed by atoms with van der Waals surface area (Å²) in [5.74, 6) is 0.977. The van der Waals surface area contributed by atoms with Gasteiger partial charge in [0.2, 0.25) is 0 Å². The lowest BCUT2D eigenvalue weighted by molar-refractivity contribution is -0.136. The third kappa shape index (κ3) is 0.939. The molecule has 0 aromatic rings. The molecule has 0 amide bonds. The molecule has 3 aliphatic rings. The molecule has 2 bridgehead atoms. The minimum Gasteiger partial charge on any atom is -0.300 e. The van der Waals surface area contributed by atoms with Gasteiger partial charge in [0.25, 0.3) is 0 Å². The quantitative estimate of drug-likeness (QED) is 0.592. The highest BCUT2D eigenvalue weighted by molar-refractivity contribution is 5.90. The van der Waals surface area contributed by atoms with Crippen LogP contribution in [0, 0.1) is 5.92 Å². The summed E-state index contributed by atoms with van der Waals surface area (Å²) in [6.45, 7) is 6.47. The van der Waals surface area contributed by atoms with Crippen molar-refractivity contribution >= 4 is 5.78 Å². The van der Waals surface area contributed by atoms with E-state index in [2.05, 4.69) is 19.2 Å². The summed E-state index contributed by atoms with van der Waals surface area (Å²) in [5, 5.41) is 3.47. The van der Waals surface area contributed by atoms with E-state index < -0.39 is 0 Å². The maximum absolute atomic E-state index is 11.6. The minimum atomic E-state index is -0.210. The third-order valence-corrected chi connectivity index (χ3v) is 3.66. The molecule has 1 saturated carbocycles. The highest BCUT2D eigenvalue weighted by Crippen LogP contribution is 2.42. The van der Waals surface area contributed by atoms with Gasteiger partial charge in [-0.2, -0.15) is 0 Å². The van der Waals surface area contributed by atoms with Crippen molar-refractivity contribution in [3.63, 3.8) is 0 Å². The smallest absolute Gasteiger partial charge is 0.152 e. The van der Waals surface area contributed by atoms with E-state index >= 15 is 0 Å².